The van der Waals surface area contributed by atoms with Gasteiger partial charge in [0.25, 0.3) is 6.47 Å². The first-order valence-corrected chi connectivity index (χ1v) is 20.5. The fourth-order valence-electron chi connectivity index (χ4n) is 2.89. The molecule has 0 saturated heterocycles. The van der Waals surface area contributed by atoms with Crippen LogP contribution in [0.3, 0.4) is 0 Å². The normalized spacial score (nSPS) is 8.44. The van der Waals surface area contributed by atoms with Gasteiger partial charge >= 0.3 is 103 Å². The van der Waals surface area contributed by atoms with Crippen LogP contribution in [0.15, 0.2) is 110 Å². The van der Waals surface area contributed by atoms with Crippen molar-refractivity contribution in [2.45, 2.75) is 6.42 Å². The largest absolute Gasteiger partial charge is 1.00 e. The van der Waals surface area contributed by atoms with E-state index in [0.29, 0.717) is 17.0 Å². The van der Waals surface area contributed by atoms with Crippen LogP contribution in [0.2, 0.25) is 0 Å². The predicted molar refractivity (Wildman–Crippen MR) is 220 cm³/mol. The van der Waals surface area contributed by atoms with E-state index in [4.69, 9.17) is 43.2 Å². The second-order valence-corrected chi connectivity index (χ2v) is 9.49. The molecule has 0 amide bonds. The van der Waals surface area contributed by atoms with Gasteiger partial charge in [-0.15, -0.1) is 0 Å². The van der Waals surface area contributed by atoms with Crippen LogP contribution in [0.4, 0.5) is 5.00 Å². The maximum atomic E-state index is 8.64. The van der Waals surface area contributed by atoms with E-state index in [2.05, 4.69) is 78.6 Å². The van der Waals surface area contributed by atoms with Gasteiger partial charge in [-0.05, 0) is 71.7 Å². The van der Waals surface area contributed by atoms with Gasteiger partial charge < -0.3 is 34.2 Å². The number of pyridine rings is 4. The van der Waals surface area contributed by atoms with E-state index in [-0.39, 0.29) is 136 Å². The van der Waals surface area contributed by atoms with Gasteiger partial charge in [0.2, 0.25) is 0 Å². The molecular formula is C31H31I2K2N11O3S3. The topological polar surface area (TPSA) is 263 Å². The van der Waals surface area contributed by atoms with Crippen molar-refractivity contribution in [3.05, 3.63) is 127 Å². The summed E-state index contributed by atoms with van der Waals surface area (Å²) in [6.45, 7) is -0.181. The van der Waals surface area contributed by atoms with E-state index in [1.54, 1.807) is 92.0 Å². The van der Waals surface area contributed by atoms with E-state index >= 15 is 0 Å². The number of rotatable bonds is 6. The number of anilines is 1. The van der Waals surface area contributed by atoms with E-state index in [1.165, 1.54) is 11.5 Å². The first-order chi connectivity index (χ1) is 23.7. The molecule has 0 aliphatic heterocycles. The Balaban J connectivity index is -0.000000181. The molecule has 5 aromatic heterocycles. The van der Waals surface area contributed by atoms with Gasteiger partial charge in [-0.2, -0.15) is 28.4 Å². The van der Waals surface area contributed by atoms with Crippen LogP contribution in [0.1, 0.15) is 24.5 Å². The van der Waals surface area contributed by atoms with Gasteiger partial charge in [0.15, 0.2) is 0 Å². The van der Waals surface area contributed by atoms with Crippen molar-refractivity contribution < 1.29 is 119 Å². The monoisotopic (exact) mass is 1030 g/mol. The number of nitrogens with two attached hydrogens (primary N) is 3. The summed E-state index contributed by atoms with van der Waals surface area (Å²) in [5.74, 6) is 0. The first-order valence-electron chi connectivity index (χ1n) is 13.1. The standard InChI is InChI=1S/C8H7N3S.C8H9N3S.C8H7N3.C6H4N2.CH2O3.I2.2K.H2S.H/c9-8-5-7(11-12-8)6-1-3-10-4-2-6;9-7(5-8(10)12)6-1-3-11-4-2-6;9-4-1-8(10)7-2-5-11-6-3-7;7-5-6-1-3-8-4-2-6;2-1-4-3;1-2;;;;/h1-5H,9H2;1-5H,9H2,(H2,10,12);2-3,5-6,10H,1H2;1-4H;1,3H;;;;1H2;/q;;;;;;2*+1;;-1/p-1/b;7-5-;;;;;;;;. The number of thiocarbonyl (C=S) groups is 1. The summed E-state index contributed by atoms with van der Waals surface area (Å²) >= 11 is 10.2. The van der Waals surface area contributed by atoms with Crippen molar-refractivity contribution in [1.82, 2.24) is 24.3 Å². The average Bonchev–Trinajstić information content (AvgIpc) is 3.61. The number of hydrogen-bond acceptors (Lipinski definition) is 15. The second-order valence-electron chi connectivity index (χ2n) is 8.18. The molecule has 0 saturated carbocycles. The molecule has 52 heavy (non-hydrogen) atoms. The van der Waals surface area contributed by atoms with E-state index in [9.17, 15) is 0 Å². The zero-order valence-corrected chi connectivity index (χ0v) is 41.0. The Hall–Kier alpha value is -1.38. The number of nitrogens with one attached hydrogen (secondary N) is 1. The van der Waals surface area contributed by atoms with Crippen LogP contribution in [-0.4, -0.2) is 41.5 Å². The van der Waals surface area contributed by atoms with Gasteiger partial charge in [-0.25, -0.2) is 0 Å². The minimum absolute atomic E-state index is 0. The SMILES string of the molecule is II.N#CCC(=N)c1ccncc1.N#Cc1ccncc1.NC(=S)/C=C(\N)c1ccncc1.Nc1cc(-c2ccncc2)ns1.O=CO[O-].S.[H-].[K+].[K+]. The van der Waals surface area contributed by atoms with Crippen LogP contribution < -0.4 is 125 Å². The van der Waals surface area contributed by atoms with Gasteiger partial charge in [-0.1, -0.05) is 12.2 Å². The van der Waals surface area contributed by atoms with Crippen molar-refractivity contribution in [1.29, 1.82) is 15.9 Å². The van der Waals surface area contributed by atoms with Crippen LogP contribution in [0, 0.1) is 28.1 Å². The van der Waals surface area contributed by atoms with Gasteiger partial charge in [0.1, 0.15) is 5.00 Å². The summed E-state index contributed by atoms with van der Waals surface area (Å²) in [6.07, 6.45) is 14.9. The van der Waals surface area contributed by atoms with Gasteiger partial charge in [0, 0.05) is 110 Å². The van der Waals surface area contributed by atoms with Gasteiger partial charge in [0.05, 0.1) is 40.5 Å². The van der Waals surface area contributed by atoms with Crippen LogP contribution >= 0.6 is 74.5 Å². The molecule has 0 radical (unpaired) electrons. The minimum atomic E-state index is -0.181. The van der Waals surface area contributed by atoms with Crippen LogP contribution in [-0.2, 0) is 9.68 Å². The Morgan fingerprint density at radius 2 is 1.33 bits per heavy atom. The summed E-state index contributed by atoms with van der Waals surface area (Å²) in [7, 11) is 0. The number of nitriles is 2. The molecule has 0 bridgehead atoms. The Bertz CT molecular complexity index is 1780. The Kier molecular flexibility index (Phi) is 43.4. The average molecular weight is 1030 g/mol. The summed E-state index contributed by atoms with van der Waals surface area (Å²) in [5, 5.41) is 33.1. The smallest absolute Gasteiger partial charge is 1.00 e. The molecule has 5 rings (SSSR count). The molecule has 0 aromatic carbocycles. The number of halogens is 2. The molecule has 7 N–H and O–H groups in total. The maximum Gasteiger partial charge on any atom is 1.00 e. The molecule has 0 aliphatic carbocycles. The molecule has 0 atom stereocenters. The molecule has 0 aliphatic rings. The van der Waals surface area contributed by atoms with Crippen molar-refractivity contribution >= 4 is 102 Å². The van der Waals surface area contributed by atoms with Crippen molar-refractivity contribution in [3.63, 3.8) is 0 Å². The Morgan fingerprint density at radius 3 is 1.67 bits per heavy atom. The Labute approximate surface area is 428 Å². The van der Waals surface area contributed by atoms with E-state index in [0.717, 1.165) is 27.4 Å². The number of nitrogen functional groups attached to an aromatic ring is 1. The third-order valence-electron chi connectivity index (χ3n) is 4.95. The summed E-state index contributed by atoms with van der Waals surface area (Å²) in [6, 6.07) is 20.0. The zero-order chi connectivity index (χ0) is 36.7. The Morgan fingerprint density at radius 1 is 0.904 bits per heavy atom. The molecule has 0 fully saturated rings. The van der Waals surface area contributed by atoms with E-state index < -0.39 is 0 Å². The van der Waals surface area contributed by atoms with Crippen molar-refractivity contribution in [3.8, 4) is 23.4 Å². The summed E-state index contributed by atoms with van der Waals surface area (Å²) in [4.78, 5) is 26.9. The van der Waals surface area contributed by atoms with Crippen LogP contribution in [0.25, 0.3) is 17.0 Å². The van der Waals surface area contributed by atoms with Crippen LogP contribution in [0.5, 0.6) is 0 Å². The quantitative estimate of drug-likeness (QED) is 0.0238. The molecule has 0 unspecified atom stereocenters. The molecule has 5 aromatic rings. The van der Waals surface area contributed by atoms with Gasteiger partial charge in [-0.3, -0.25) is 24.7 Å². The molecule has 5 heterocycles. The molecule has 21 heteroatoms. The number of carbonyl (C=O) groups is 1. The molecule has 0 spiro atoms. The fraction of sp³-hybridized carbons (Fsp3) is 0.0323. The molecule has 262 valence electrons. The minimum Gasteiger partial charge on any atom is -1.00 e. The first kappa shape index (κ1) is 57.3. The number of hydrogen-bond donors (Lipinski definition) is 4. The van der Waals surface area contributed by atoms with E-state index in [1.807, 2.05) is 30.3 Å². The fourth-order valence-corrected chi connectivity index (χ4v) is 3.54. The third kappa shape index (κ3) is 29.0. The third-order valence-corrected chi connectivity index (χ3v) is 5.68. The van der Waals surface area contributed by atoms with Crippen molar-refractivity contribution in [2.75, 3.05) is 5.73 Å². The number of aromatic nitrogens is 5. The molecule has 14 nitrogen and oxygen atoms in total. The summed E-state index contributed by atoms with van der Waals surface area (Å²) in [5.41, 5.74) is 21.7. The number of carbonyl (C=O) groups excluding carboxylic acids is 1. The van der Waals surface area contributed by atoms with Crippen molar-refractivity contribution in [2.24, 2.45) is 11.5 Å². The molecular weight excluding hydrogens is 1000 g/mol. The summed E-state index contributed by atoms with van der Waals surface area (Å²) < 4.78 is 4.17. The second kappa shape index (κ2) is 39.3. The maximum absolute atomic E-state index is 8.64. The predicted octanol–water partition coefficient (Wildman–Crippen LogP) is -0.790. The number of nitrogens with zero attached hydrogens (tertiary/aromatic N) is 7. The zero-order valence-electron chi connectivity index (χ0n) is 28.8.